The van der Waals surface area contributed by atoms with Gasteiger partial charge in [-0.15, -0.1) is 0 Å². The summed E-state index contributed by atoms with van der Waals surface area (Å²) in [4.78, 5) is 3.94. The van der Waals surface area contributed by atoms with Gasteiger partial charge in [-0.1, -0.05) is 26.8 Å². The Morgan fingerprint density at radius 3 is 2.47 bits per heavy atom. The zero-order valence-electron chi connectivity index (χ0n) is 9.19. The monoisotopic (exact) mass is 228 g/mol. The van der Waals surface area contributed by atoms with E-state index in [0.717, 1.165) is 5.56 Å². The van der Waals surface area contributed by atoms with E-state index in [0.29, 0.717) is 12.5 Å². The highest BCUT2D eigenvalue weighted by molar-refractivity contribution is 7.89. The molecule has 4 nitrogen and oxygen atoms in total. The molecule has 0 unspecified atom stereocenters. The Kier molecular flexibility index (Phi) is 3.82. The molecule has 0 fully saturated rings. The summed E-state index contributed by atoms with van der Waals surface area (Å²) in [6.07, 6.45) is 1.61. The zero-order chi connectivity index (χ0) is 11.5. The zero-order valence-corrected chi connectivity index (χ0v) is 10.0. The van der Waals surface area contributed by atoms with Gasteiger partial charge in [0.25, 0.3) is 10.0 Å². The van der Waals surface area contributed by atoms with Crippen LogP contribution < -0.4 is 4.72 Å². The van der Waals surface area contributed by atoms with E-state index in [-0.39, 0.29) is 5.03 Å². The lowest BCUT2D eigenvalue weighted by molar-refractivity contribution is 0.579. The highest BCUT2D eigenvalue weighted by Crippen LogP contribution is 2.14. The molecule has 1 rings (SSSR count). The highest BCUT2D eigenvalue weighted by Gasteiger charge is 2.13. The van der Waals surface area contributed by atoms with Crippen LogP contribution in [0.5, 0.6) is 0 Å². The smallest absolute Gasteiger partial charge is 0.243 e. The van der Waals surface area contributed by atoms with Crippen LogP contribution in [0.2, 0.25) is 0 Å². The van der Waals surface area contributed by atoms with Crippen molar-refractivity contribution in [1.82, 2.24) is 9.71 Å². The largest absolute Gasteiger partial charge is 0.258 e. The fourth-order valence-electron chi connectivity index (χ4n) is 1.16. The van der Waals surface area contributed by atoms with Crippen molar-refractivity contribution in [3.05, 3.63) is 23.9 Å². The number of pyridine rings is 1. The van der Waals surface area contributed by atoms with Gasteiger partial charge < -0.3 is 0 Å². The molecule has 1 aromatic rings. The molecule has 0 aliphatic carbocycles. The molecule has 0 aromatic carbocycles. The molecule has 5 heteroatoms. The molecule has 0 radical (unpaired) electrons. The molecule has 15 heavy (non-hydrogen) atoms. The third kappa shape index (κ3) is 3.00. The number of rotatable bonds is 4. The molecular weight excluding hydrogens is 212 g/mol. The minimum Gasteiger partial charge on any atom is -0.243 e. The van der Waals surface area contributed by atoms with Crippen LogP contribution >= 0.6 is 0 Å². The van der Waals surface area contributed by atoms with Crippen molar-refractivity contribution in [2.45, 2.75) is 31.7 Å². The van der Waals surface area contributed by atoms with Gasteiger partial charge in [-0.3, -0.25) is 0 Å². The van der Waals surface area contributed by atoms with Crippen molar-refractivity contribution in [2.24, 2.45) is 0 Å². The Morgan fingerprint density at radius 2 is 2.07 bits per heavy atom. The number of aromatic nitrogens is 1. The molecule has 0 saturated carbocycles. The van der Waals surface area contributed by atoms with E-state index in [4.69, 9.17) is 0 Å². The number of nitrogens with zero attached hydrogens (tertiary/aromatic N) is 1. The Balaban J connectivity index is 2.99. The van der Waals surface area contributed by atoms with E-state index in [1.54, 1.807) is 19.2 Å². The van der Waals surface area contributed by atoms with Crippen molar-refractivity contribution in [3.8, 4) is 0 Å². The molecule has 0 aliphatic heterocycles. The molecule has 0 aliphatic rings. The number of hydrogen-bond acceptors (Lipinski definition) is 3. The predicted molar refractivity (Wildman–Crippen MR) is 59.2 cm³/mol. The molecule has 84 valence electrons. The lowest BCUT2D eigenvalue weighted by Gasteiger charge is -2.06. The molecule has 1 N–H and O–H groups in total. The first-order valence-corrected chi connectivity index (χ1v) is 6.41. The fraction of sp³-hybridized carbons (Fsp3) is 0.500. The average molecular weight is 228 g/mol. The van der Waals surface area contributed by atoms with Crippen molar-refractivity contribution >= 4 is 10.0 Å². The summed E-state index contributed by atoms with van der Waals surface area (Å²) in [7, 11) is -3.41. The van der Waals surface area contributed by atoms with Crippen LogP contribution in [0.4, 0.5) is 0 Å². The van der Waals surface area contributed by atoms with Crippen LogP contribution in [0.1, 0.15) is 32.3 Å². The quantitative estimate of drug-likeness (QED) is 0.849. The topological polar surface area (TPSA) is 59.1 Å². The Labute approximate surface area is 90.8 Å². The van der Waals surface area contributed by atoms with Gasteiger partial charge in [-0.05, 0) is 17.5 Å². The Hall–Kier alpha value is -0.940. The van der Waals surface area contributed by atoms with Gasteiger partial charge >= 0.3 is 0 Å². The van der Waals surface area contributed by atoms with Crippen LogP contribution in [0, 0.1) is 0 Å². The lowest BCUT2D eigenvalue weighted by Crippen LogP contribution is -2.24. The normalized spacial score (nSPS) is 12.0. The second-order valence-electron chi connectivity index (χ2n) is 3.59. The molecule has 0 amide bonds. The van der Waals surface area contributed by atoms with Crippen molar-refractivity contribution < 1.29 is 8.42 Å². The SMILES string of the molecule is CCNS(=O)(=O)c1ccc(C(C)C)cn1. The molecule has 1 aromatic heterocycles. The van der Waals surface area contributed by atoms with E-state index in [9.17, 15) is 8.42 Å². The van der Waals surface area contributed by atoms with Crippen molar-refractivity contribution in [3.63, 3.8) is 0 Å². The third-order valence-corrected chi connectivity index (χ3v) is 3.50. The summed E-state index contributed by atoms with van der Waals surface area (Å²) in [6, 6.07) is 3.33. The van der Waals surface area contributed by atoms with E-state index < -0.39 is 10.0 Å². The van der Waals surface area contributed by atoms with Crippen LogP contribution in [-0.2, 0) is 10.0 Å². The lowest BCUT2D eigenvalue weighted by atomic mass is 10.1. The fourth-order valence-corrected chi connectivity index (χ4v) is 2.12. The summed E-state index contributed by atoms with van der Waals surface area (Å²) in [5, 5.41) is 0.0775. The second kappa shape index (κ2) is 4.72. The minimum absolute atomic E-state index is 0.0775. The molecule has 0 saturated heterocycles. The summed E-state index contributed by atoms with van der Waals surface area (Å²) in [5.74, 6) is 0.355. The minimum atomic E-state index is -3.41. The number of hydrogen-bond donors (Lipinski definition) is 1. The molecule has 0 spiro atoms. The summed E-state index contributed by atoms with van der Waals surface area (Å²) in [5.41, 5.74) is 1.03. The van der Waals surface area contributed by atoms with Crippen LogP contribution in [0.25, 0.3) is 0 Å². The van der Waals surface area contributed by atoms with Crippen molar-refractivity contribution in [2.75, 3.05) is 6.54 Å². The number of nitrogens with one attached hydrogen (secondary N) is 1. The first kappa shape index (κ1) is 12.1. The molecule has 0 bridgehead atoms. The first-order chi connectivity index (χ1) is 6.97. The van der Waals surface area contributed by atoms with Gasteiger partial charge in [0.2, 0.25) is 0 Å². The van der Waals surface area contributed by atoms with Crippen LogP contribution in [0.3, 0.4) is 0 Å². The maximum absolute atomic E-state index is 11.5. The molecule has 0 atom stereocenters. The predicted octanol–water partition coefficient (Wildman–Crippen LogP) is 1.50. The summed E-state index contributed by atoms with van der Waals surface area (Å²) >= 11 is 0. The van der Waals surface area contributed by atoms with Gasteiger partial charge in [0.15, 0.2) is 5.03 Å². The van der Waals surface area contributed by atoms with E-state index in [1.807, 2.05) is 13.8 Å². The first-order valence-electron chi connectivity index (χ1n) is 4.93. The van der Waals surface area contributed by atoms with Crippen molar-refractivity contribution in [1.29, 1.82) is 0 Å². The molecule has 1 heterocycles. The van der Waals surface area contributed by atoms with Gasteiger partial charge in [0.1, 0.15) is 0 Å². The van der Waals surface area contributed by atoms with Gasteiger partial charge in [-0.25, -0.2) is 18.1 Å². The van der Waals surface area contributed by atoms with Gasteiger partial charge in [0, 0.05) is 12.7 Å². The molecular formula is C10H16N2O2S. The summed E-state index contributed by atoms with van der Waals surface area (Å²) < 4.78 is 25.5. The summed E-state index contributed by atoms with van der Waals surface area (Å²) in [6.45, 7) is 6.18. The maximum atomic E-state index is 11.5. The van der Waals surface area contributed by atoms with Crippen LogP contribution in [0.15, 0.2) is 23.4 Å². The van der Waals surface area contributed by atoms with E-state index >= 15 is 0 Å². The van der Waals surface area contributed by atoms with Crippen LogP contribution in [-0.4, -0.2) is 19.9 Å². The standard InChI is InChI=1S/C10H16N2O2S/c1-4-12-15(13,14)10-6-5-9(7-11-10)8(2)3/h5-8,12H,4H2,1-3H3. The maximum Gasteiger partial charge on any atom is 0.258 e. The number of sulfonamides is 1. The average Bonchev–Trinajstić information content (AvgIpc) is 2.18. The van der Waals surface area contributed by atoms with Gasteiger partial charge in [-0.2, -0.15) is 0 Å². The van der Waals surface area contributed by atoms with E-state index in [1.165, 1.54) is 6.07 Å². The third-order valence-electron chi connectivity index (χ3n) is 2.04. The second-order valence-corrected chi connectivity index (χ2v) is 5.30. The van der Waals surface area contributed by atoms with E-state index in [2.05, 4.69) is 9.71 Å². The Bertz CT molecular complexity index is 410. The highest BCUT2D eigenvalue weighted by atomic mass is 32.2. The van der Waals surface area contributed by atoms with Gasteiger partial charge in [0.05, 0.1) is 0 Å². The Morgan fingerprint density at radius 1 is 1.40 bits per heavy atom.